The largest absolute Gasteiger partial charge is 0.481 e. The van der Waals surface area contributed by atoms with E-state index in [0.717, 1.165) is 19.3 Å². The van der Waals surface area contributed by atoms with Gasteiger partial charge in [0, 0.05) is 0 Å². The zero-order valence-electron chi connectivity index (χ0n) is 13.0. The van der Waals surface area contributed by atoms with E-state index in [4.69, 9.17) is 10.2 Å². The standard InChI is InChI=1S/C16H30O4/c1-3-4-5-6-7-8-9-10-11-12-16(2,15(19)20)13-14(17)18/h3-13H2,1-2H3,(H,17,18)(H,19,20). The Labute approximate surface area is 122 Å². The molecule has 0 aliphatic carbocycles. The molecule has 0 saturated carbocycles. The van der Waals surface area contributed by atoms with Crippen LogP contribution in [-0.4, -0.2) is 22.2 Å². The Morgan fingerprint density at radius 2 is 1.30 bits per heavy atom. The number of hydrogen-bond donors (Lipinski definition) is 2. The van der Waals surface area contributed by atoms with Crippen molar-refractivity contribution < 1.29 is 19.8 Å². The van der Waals surface area contributed by atoms with E-state index in [0.29, 0.717) is 6.42 Å². The van der Waals surface area contributed by atoms with Crippen molar-refractivity contribution in [1.29, 1.82) is 0 Å². The molecule has 2 N–H and O–H groups in total. The van der Waals surface area contributed by atoms with Crippen LogP contribution in [0.3, 0.4) is 0 Å². The zero-order chi connectivity index (χ0) is 15.4. The van der Waals surface area contributed by atoms with Crippen molar-refractivity contribution >= 4 is 11.9 Å². The molecule has 0 radical (unpaired) electrons. The van der Waals surface area contributed by atoms with Crippen molar-refractivity contribution in [1.82, 2.24) is 0 Å². The molecule has 0 saturated heterocycles. The van der Waals surface area contributed by atoms with E-state index in [2.05, 4.69) is 6.92 Å². The van der Waals surface area contributed by atoms with Crippen LogP contribution in [-0.2, 0) is 9.59 Å². The molecule has 20 heavy (non-hydrogen) atoms. The summed E-state index contributed by atoms with van der Waals surface area (Å²) in [7, 11) is 0. The monoisotopic (exact) mass is 286 g/mol. The third-order valence-corrected chi connectivity index (χ3v) is 3.89. The minimum absolute atomic E-state index is 0.292. The van der Waals surface area contributed by atoms with E-state index in [1.165, 1.54) is 45.4 Å². The van der Waals surface area contributed by atoms with Crippen LogP contribution in [0.4, 0.5) is 0 Å². The average molecular weight is 286 g/mol. The van der Waals surface area contributed by atoms with Crippen LogP contribution in [0.5, 0.6) is 0 Å². The van der Waals surface area contributed by atoms with Crippen LogP contribution in [0.2, 0.25) is 0 Å². The van der Waals surface area contributed by atoms with Crippen LogP contribution >= 0.6 is 0 Å². The third-order valence-electron chi connectivity index (χ3n) is 3.89. The number of carboxylic acid groups (broad SMARTS) is 2. The molecular weight excluding hydrogens is 256 g/mol. The summed E-state index contributed by atoms with van der Waals surface area (Å²) in [5.41, 5.74) is -1.12. The highest BCUT2D eigenvalue weighted by Gasteiger charge is 2.34. The van der Waals surface area contributed by atoms with Gasteiger partial charge in [-0.2, -0.15) is 0 Å². The van der Waals surface area contributed by atoms with Crippen molar-refractivity contribution in [3.8, 4) is 0 Å². The Kier molecular flexibility index (Phi) is 10.1. The molecule has 0 aliphatic heterocycles. The van der Waals surface area contributed by atoms with Crippen LogP contribution < -0.4 is 0 Å². The highest BCUT2D eigenvalue weighted by molar-refractivity contribution is 5.80. The SMILES string of the molecule is CCCCCCCCCCCC(C)(CC(=O)O)C(=O)O. The lowest BCUT2D eigenvalue weighted by Gasteiger charge is -2.22. The fourth-order valence-electron chi connectivity index (χ4n) is 2.43. The molecule has 0 fully saturated rings. The van der Waals surface area contributed by atoms with Gasteiger partial charge >= 0.3 is 11.9 Å². The van der Waals surface area contributed by atoms with E-state index in [9.17, 15) is 9.59 Å². The van der Waals surface area contributed by atoms with Crippen LogP contribution in [0.25, 0.3) is 0 Å². The van der Waals surface area contributed by atoms with Crippen LogP contribution in [0.1, 0.15) is 84.5 Å². The summed E-state index contributed by atoms with van der Waals surface area (Å²) in [5.74, 6) is -2.04. The number of carbonyl (C=O) groups is 2. The van der Waals surface area contributed by atoms with Crippen molar-refractivity contribution in [3.05, 3.63) is 0 Å². The van der Waals surface area contributed by atoms with E-state index in [-0.39, 0.29) is 6.42 Å². The van der Waals surface area contributed by atoms with Gasteiger partial charge in [-0.15, -0.1) is 0 Å². The Morgan fingerprint density at radius 3 is 1.70 bits per heavy atom. The molecule has 0 rings (SSSR count). The minimum atomic E-state index is -1.12. The molecule has 4 nitrogen and oxygen atoms in total. The van der Waals surface area contributed by atoms with Gasteiger partial charge in [-0.1, -0.05) is 64.7 Å². The van der Waals surface area contributed by atoms with Gasteiger partial charge in [0.2, 0.25) is 0 Å². The smallest absolute Gasteiger partial charge is 0.309 e. The number of aliphatic carboxylic acids is 2. The van der Waals surface area contributed by atoms with Gasteiger partial charge < -0.3 is 10.2 Å². The lowest BCUT2D eigenvalue weighted by atomic mass is 9.81. The zero-order valence-corrected chi connectivity index (χ0v) is 13.0. The molecule has 0 bridgehead atoms. The Bertz CT molecular complexity index is 288. The molecule has 118 valence electrons. The predicted molar refractivity (Wildman–Crippen MR) is 79.8 cm³/mol. The normalized spacial score (nSPS) is 13.9. The second kappa shape index (κ2) is 10.7. The molecule has 0 aromatic heterocycles. The van der Waals surface area contributed by atoms with E-state index < -0.39 is 17.4 Å². The molecule has 0 heterocycles. The fraction of sp³-hybridized carbons (Fsp3) is 0.875. The topological polar surface area (TPSA) is 74.6 Å². The summed E-state index contributed by atoms with van der Waals surface area (Å²) >= 11 is 0. The van der Waals surface area contributed by atoms with Crippen molar-refractivity contribution in [2.45, 2.75) is 84.5 Å². The molecule has 0 amide bonds. The molecule has 1 atom stereocenters. The maximum atomic E-state index is 11.2. The second-order valence-corrected chi connectivity index (χ2v) is 6.01. The van der Waals surface area contributed by atoms with Gasteiger partial charge in [-0.25, -0.2) is 0 Å². The van der Waals surface area contributed by atoms with E-state index in [1.54, 1.807) is 0 Å². The number of unbranched alkanes of at least 4 members (excludes halogenated alkanes) is 8. The first-order chi connectivity index (χ1) is 9.42. The summed E-state index contributed by atoms with van der Waals surface area (Å²) in [6.45, 7) is 3.74. The number of rotatable bonds is 13. The lowest BCUT2D eigenvalue weighted by molar-refractivity contribution is -0.155. The Balaban J connectivity index is 3.70. The maximum absolute atomic E-state index is 11.2. The predicted octanol–water partition coefficient (Wildman–Crippen LogP) is 4.47. The highest BCUT2D eigenvalue weighted by Crippen LogP contribution is 2.29. The van der Waals surface area contributed by atoms with Gasteiger partial charge in [-0.05, 0) is 13.3 Å². The minimum Gasteiger partial charge on any atom is -0.481 e. The average Bonchev–Trinajstić information content (AvgIpc) is 2.35. The van der Waals surface area contributed by atoms with Gasteiger partial charge in [0.15, 0.2) is 0 Å². The molecule has 0 aliphatic rings. The third kappa shape index (κ3) is 8.94. The first kappa shape index (κ1) is 18.9. The first-order valence-corrected chi connectivity index (χ1v) is 7.87. The van der Waals surface area contributed by atoms with E-state index in [1.807, 2.05) is 0 Å². The Hall–Kier alpha value is -1.06. The van der Waals surface area contributed by atoms with Crippen LogP contribution in [0.15, 0.2) is 0 Å². The number of hydrogen-bond acceptors (Lipinski definition) is 2. The summed E-state index contributed by atoms with van der Waals surface area (Å²) < 4.78 is 0. The molecule has 0 aromatic carbocycles. The molecule has 1 unspecified atom stereocenters. The van der Waals surface area contributed by atoms with Crippen molar-refractivity contribution in [2.24, 2.45) is 5.41 Å². The van der Waals surface area contributed by atoms with Crippen LogP contribution in [0, 0.1) is 5.41 Å². The maximum Gasteiger partial charge on any atom is 0.309 e. The quantitative estimate of drug-likeness (QED) is 0.490. The molecule has 0 aromatic rings. The van der Waals surface area contributed by atoms with Gasteiger partial charge in [-0.3, -0.25) is 9.59 Å². The first-order valence-electron chi connectivity index (χ1n) is 7.87. The number of carboxylic acids is 2. The summed E-state index contributed by atoms with van der Waals surface area (Å²) in [4.78, 5) is 21.9. The molecular formula is C16H30O4. The van der Waals surface area contributed by atoms with E-state index >= 15 is 0 Å². The summed E-state index contributed by atoms with van der Waals surface area (Å²) in [5, 5.41) is 17.9. The summed E-state index contributed by atoms with van der Waals surface area (Å²) in [6.07, 6.45) is 10.7. The van der Waals surface area contributed by atoms with Gasteiger partial charge in [0.25, 0.3) is 0 Å². The highest BCUT2D eigenvalue weighted by atomic mass is 16.4. The second-order valence-electron chi connectivity index (χ2n) is 6.01. The van der Waals surface area contributed by atoms with Crippen molar-refractivity contribution in [2.75, 3.05) is 0 Å². The van der Waals surface area contributed by atoms with Crippen molar-refractivity contribution in [3.63, 3.8) is 0 Å². The Morgan fingerprint density at radius 1 is 0.850 bits per heavy atom. The fourth-order valence-corrected chi connectivity index (χ4v) is 2.43. The summed E-state index contributed by atoms with van der Waals surface area (Å²) in [6, 6.07) is 0. The van der Waals surface area contributed by atoms with Gasteiger partial charge in [0.1, 0.15) is 0 Å². The lowest BCUT2D eigenvalue weighted by Crippen LogP contribution is -2.30. The van der Waals surface area contributed by atoms with Gasteiger partial charge in [0.05, 0.1) is 11.8 Å². The molecule has 4 heteroatoms. The molecule has 0 spiro atoms.